The first kappa shape index (κ1) is 19.3. The minimum absolute atomic E-state index is 0.0283. The van der Waals surface area contributed by atoms with Crippen LogP contribution in [0.4, 0.5) is 5.69 Å². The molecule has 2 aromatic rings. The number of hydrogen-bond acceptors (Lipinski definition) is 6. The fraction of sp³-hybridized carbons (Fsp3) is 0.353. The van der Waals surface area contributed by atoms with E-state index in [-0.39, 0.29) is 24.0 Å². The van der Waals surface area contributed by atoms with E-state index in [1.54, 1.807) is 13.2 Å². The normalized spacial score (nSPS) is 10.3. The second kappa shape index (κ2) is 10.0. The molecule has 0 aliphatic heterocycles. The zero-order valence-corrected chi connectivity index (χ0v) is 15.8. The zero-order chi connectivity index (χ0) is 18.1. The van der Waals surface area contributed by atoms with Gasteiger partial charge in [0.25, 0.3) is 0 Å². The molecular weight excluding hydrogens is 358 g/mol. The summed E-state index contributed by atoms with van der Waals surface area (Å²) >= 11 is 2.80. The smallest absolute Gasteiger partial charge is 0.234 e. The zero-order valence-electron chi connectivity index (χ0n) is 14.2. The van der Waals surface area contributed by atoms with Crippen molar-refractivity contribution in [2.75, 3.05) is 24.7 Å². The van der Waals surface area contributed by atoms with Gasteiger partial charge in [0.05, 0.1) is 25.0 Å². The number of thiazole rings is 1. The Morgan fingerprint density at radius 1 is 1.32 bits per heavy atom. The van der Waals surface area contributed by atoms with Crippen LogP contribution in [0.25, 0.3) is 0 Å². The van der Waals surface area contributed by atoms with Gasteiger partial charge in [-0.25, -0.2) is 4.98 Å². The van der Waals surface area contributed by atoms with Crippen molar-refractivity contribution in [1.29, 1.82) is 0 Å². The molecule has 2 amide bonds. The van der Waals surface area contributed by atoms with Gasteiger partial charge in [-0.15, -0.1) is 11.3 Å². The molecule has 1 aromatic carbocycles. The van der Waals surface area contributed by atoms with Gasteiger partial charge in [0.1, 0.15) is 5.75 Å². The number of nitrogens with one attached hydrogen (secondary N) is 2. The minimum atomic E-state index is -0.115. The van der Waals surface area contributed by atoms with E-state index in [9.17, 15) is 9.59 Å². The maximum Gasteiger partial charge on any atom is 0.234 e. The van der Waals surface area contributed by atoms with Crippen LogP contribution >= 0.6 is 23.1 Å². The Balaban J connectivity index is 1.79. The third-order valence-corrected chi connectivity index (χ3v) is 5.19. The number of hydrogen-bond donors (Lipinski definition) is 2. The third-order valence-electron chi connectivity index (χ3n) is 3.12. The fourth-order valence-corrected chi connectivity index (χ4v) is 3.60. The Labute approximate surface area is 155 Å². The standard InChI is InChI=1S/C17H21N3O3S2/c1-3-7-18-15(21)9-13-10-24-17(20-13)25-11-16(22)19-12-5-4-6-14(8-12)23-2/h4-6,8,10H,3,7,9,11H2,1-2H3,(H,18,21)(H,19,22). The molecular formula is C17H21N3O3S2. The Morgan fingerprint density at radius 3 is 2.92 bits per heavy atom. The number of rotatable bonds is 9. The molecule has 0 aliphatic carbocycles. The molecule has 1 aromatic heterocycles. The number of carbonyl (C=O) groups is 2. The number of amides is 2. The summed E-state index contributed by atoms with van der Waals surface area (Å²) < 4.78 is 5.90. The van der Waals surface area contributed by atoms with Crippen LogP contribution in [-0.4, -0.2) is 36.2 Å². The average molecular weight is 380 g/mol. The molecule has 0 spiro atoms. The maximum absolute atomic E-state index is 12.0. The van der Waals surface area contributed by atoms with Gasteiger partial charge in [0, 0.05) is 23.7 Å². The van der Waals surface area contributed by atoms with Crippen molar-refractivity contribution in [2.45, 2.75) is 24.1 Å². The average Bonchev–Trinajstić information content (AvgIpc) is 3.05. The number of methoxy groups -OCH3 is 1. The highest BCUT2D eigenvalue weighted by Gasteiger charge is 2.10. The van der Waals surface area contributed by atoms with Crippen LogP contribution in [0, 0.1) is 0 Å². The predicted octanol–water partition coefficient (Wildman–Crippen LogP) is 2.95. The molecule has 2 N–H and O–H groups in total. The van der Waals surface area contributed by atoms with Crippen molar-refractivity contribution in [2.24, 2.45) is 0 Å². The molecule has 8 heteroatoms. The molecule has 1 heterocycles. The van der Waals surface area contributed by atoms with Crippen LogP contribution in [0.1, 0.15) is 19.0 Å². The number of carbonyl (C=O) groups excluding carboxylic acids is 2. The highest BCUT2D eigenvalue weighted by atomic mass is 32.2. The van der Waals surface area contributed by atoms with E-state index in [4.69, 9.17) is 4.74 Å². The van der Waals surface area contributed by atoms with Gasteiger partial charge < -0.3 is 15.4 Å². The molecule has 0 saturated carbocycles. The van der Waals surface area contributed by atoms with Crippen LogP contribution in [0.3, 0.4) is 0 Å². The van der Waals surface area contributed by atoms with Gasteiger partial charge in [-0.2, -0.15) is 0 Å². The van der Waals surface area contributed by atoms with E-state index in [2.05, 4.69) is 15.6 Å². The Bertz CT molecular complexity index is 719. The first-order chi connectivity index (χ1) is 12.1. The number of anilines is 1. The van der Waals surface area contributed by atoms with Crippen LogP contribution < -0.4 is 15.4 Å². The van der Waals surface area contributed by atoms with Crippen molar-refractivity contribution in [1.82, 2.24) is 10.3 Å². The maximum atomic E-state index is 12.0. The van der Waals surface area contributed by atoms with E-state index in [0.29, 0.717) is 18.0 Å². The van der Waals surface area contributed by atoms with Crippen molar-refractivity contribution >= 4 is 40.6 Å². The van der Waals surface area contributed by atoms with Gasteiger partial charge in [-0.05, 0) is 18.6 Å². The van der Waals surface area contributed by atoms with Crippen LogP contribution in [-0.2, 0) is 16.0 Å². The Hall–Kier alpha value is -2.06. The van der Waals surface area contributed by atoms with E-state index < -0.39 is 0 Å². The lowest BCUT2D eigenvalue weighted by atomic mass is 10.3. The summed E-state index contributed by atoms with van der Waals surface area (Å²) in [5.74, 6) is 0.804. The molecule has 0 aliphatic rings. The van der Waals surface area contributed by atoms with E-state index >= 15 is 0 Å². The van der Waals surface area contributed by atoms with Crippen molar-refractivity contribution in [3.63, 3.8) is 0 Å². The fourth-order valence-electron chi connectivity index (χ4n) is 1.95. The van der Waals surface area contributed by atoms with Crippen molar-refractivity contribution in [3.8, 4) is 5.75 Å². The topological polar surface area (TPSA) is 80.3 Å². The Morgan fingerprint density at radius 2 is 2.16 bits per heavy atom. The monoisotopic (exact) mass is 379 g/mol. The summed E-state index contributed by atoms with van der Waals surface area (Å²) in [6, 6.07) is 7.21. The molecule has 0 radical (unpaired) electrons. The Kier molecular flexibility index (Phi) is 7.75. The van der Waals surface area contributed by atoms with Gasteiger partial charge >= 0.3 is 0 Å². The first-order valence-electron chi connectivity index (χ1n) is 7.88. The predicted molar refractivity (Wildman–Crippen MR) is 101 cm³/mol. The van der Waals surface area contributed by atoms with Gasteiger partial charge in [-0.3, -0.25) is 9.59 Å². The summed E-state index contributed by atoms with van der Waals surface area (Å²) in [6.45, 7) is 2.68. The molecule has 0 saturated heterocycles. The van der Waals surface area contributed by atoms with Crippen LogP contribution in [0.5, 0.6) is 5.75 Å². The number of benzene rings is 1. The van der Waals surface area contributed by atoms with Crippen molar-refractivity contribution in [3.05, 3.63) is 35.3 Å². The second-order valence-corrected chi connectivity index (χ2v) is 7.28. The number of aromatic nitrogens is 1. The van der Waals surface area contributed by atoms with Crippen LogP contribution in [0.15, 0.2) is 34.0 Å². The molecule has 25 heavy (non-hydrogen) atoms. The SMILES string of the molecule is CCCNC(=O)Cc1csc(SCC(=O)Nc2cccc(OC)c2)n1. The molecule has 0 fully saturated rings. The third kappa shape index (κ3) is 6.75. The largest absolute Gasteiger partial charge is 0.497 e. The summed E-state index contributed by atoms with van der Waals surface area (Å²) in [4.78, 5) is 28.1. The molecule has 0 bridgehead atoms. The highest BCUT2D eigenvalue weighted by molar-refractivity contribution is 8.01. The lowest BCUT2D eigenvalue weighted by Crippen LogP contribution is -2.25. The molecule has 0 atom stereocenters. The summed E-state index contributed by atoms with van der Waals surface area (Å²) in [5.41, 5.74) is 1.42. The van der Waals surface area contributed by atoms with E-state index in [0.717, 1.165) is 16.5 Å². The summed E-state index contributed by atoms with van der Waals surface area (Å²) in [7, 11) is 1.58. The van der Waals surface area contributed by atoms with Gasteiger partial charge in [-0.1, -0.05) is 24.8 Å². The molecule has 0 unspecified atom stereocenters. The minimum Gasteiger partial charge on any atom is -0.497 e. The number of thioether (sulfide) groups is 1. The quantitative estimate of drug-likeness (QED) is 0.655. The number of ether oxygens (including phenoxy) is 1. The van der Waals surface area contributed by atoms with Gasteiger partial charge in [0.15, 0.2) is 4.34 Å². The lowest BCUT2D eigenvalue weighted by molar-refractivity contribution is -0.120. The lowest BCUT2D eigenvalue weighted by Gasteiger charge is -2.06. The second-order valence-electron chi connectivity index (χ2n) is 5.20. The number of nitrogens with zero attached hydrogens (tertiary/aromatic N) is 1. The van der Waals surface area contributed by atoms with Gasteiger partial charge in [0.2, 0.25) is 11.8 Å². The molecule has 2 rings (SSSR count). The van der Waals surface area contributed by atoms with E-state index in [1.807, 2.05) is 30.5 Å². The summed E-state index contributed by atoms with van der Waals surface area (Å²) in [6.07, 6.45) is 1.18. The molecule has 6 nitrogen and oxygen atoms in total. The van der Waals surface area contributed by atoms with Crippen LogP contribution in [0.2, 0.25) is 0 Å². The highest BCUT2D eigenvalue weighted by Crippen LogP contribution is 2.23. The summed E-state index contributed by atoms with van der Waals surface area (Å²) in [5, 5.41) is 7.50. The first-order valence-corrected chi connectivity index (χ1v) is 9.75. The molecule has 134 valence electrons. The van der Waals surface area contributed by atoms with Crippen molar-refractivity contribution < 1.29 is 14.3 Å². The van der Waals surface area contributed by atoms with E-state index in [1.165, 1.54) is 23.1 Å².